The maximum absolute atomic E-state index is 13.3. The van der Waals surface area contributed by atoms with E-state index >= 15 is 0 Å². The summed E-state index contributed by atoms with van der Waals surface area (Å²) in [6.45, 7) is 0.343. The summed E-state index contributed by atoms with van der Waals surface area (Å²) in [6.07, 6.45) is 1.89. The fourth-order valence-corrected chi connectivity index (χ4v) is 3.17. The van der Waals surface area contributed by atoms with Crippen LogP contribution < -0.4 is 16.8 Å². The maximum Gasteiger partial charge on any atom is 0.227 e. The van der Waals surface area contributed by atoms with Gasteiger partial charge in [0.2, 0.25) is 11.9 Å². The molecule has 1 heterocycles. The van der Waals surface area contributed by atoms with Crippen LogP contribution in [-0.2, 0) is 22.7 Å². The van der Waals surface area contributed by atoms with Crippen molar-refractivity contribution in [3.05, 3.63) is 65.6 Å². The van der Waals surface area contributed by atoms with Crippen LogP contribution in [0.2, 0.25) is 0 Å². The van der Waals surface area contributed by atoms with Gasteiger partial charge in [-0.25, -0.2) is 9.37 Å². The smallest absolute Gasteiger partial charge is 0.227 e. The van der Waals surface area contributed by atoms with Crippen LogP contribution in [0.5, 0.6) is 0 Å². The molecule has 30 heavy (non-hydrogen) atoms. The topological polar surface area (TPSA) is 116 Å². The zero-order valence-electron chi connectivity index (χ0n) is 16.3. The monoisotopic (exact) mass is 407 g/mol. The molecule has 0 saturated heterocycles. The summed E-state index contributed by atoms with van der Waals surface area (Å²) in [7, 11) is 0. The first kappa shape index (κ1) is 19.8. The number of anilines is 3. The number of benzene rings is 2. The van der Waals surface area contributed by atoms with Crippen LogP contribution in [0.1, 0.15) is 24.1 Å². The van der Waals surface area contributed by atoms with Gasteiger partial charge >= 0.3 is 0 Å². The second-order valence-electron chi connectivity index (χ2n) is 7.25. The molecule has 1 fully saturated rings. The molecule has 2 aromatic carbocycles. The van der Waals surface area contributed by atoms with E-state index in [0.29, 0.717) is 16.8 Å². The average Bonchev–Trinajstić information content (AvgIpc) is 3.54. The third-order valence-electron chi connectivity index (χ3n) is 4.82. The van der Waals surface area contributed by atoms with E-state index in [1.807, 2.05) is 24.3 Å². The largest absolute Gasteiger partial charge is 0.383 e. The molecule has 154 valence electrons. The van der Waals surface area contributed by atoms with Crippen molar-refractivity contribution in [2.45, 2.75) is 26.1 Å². The lowest BCUT2D eigenvalue weighted by molar-refractivity contribution is -0.117. The van der Waals surface area contributed by atoms with Gasteiger partial charge in [0.25, 0.3) is 0 Å². The average molecular weight is 407 g/mol. The maximum atomic E-state index is 13.3. The summed E-state index contributed by atoms with van der Waals surface area (Å²) in [5.41, 5.74) is 15.2. The van der Waals surface area contributed by atoms with Crippen molar-refractivity contribution in [3.8, 4) is 11.1 Å². The lowest BCUT2D eigenvalue weighted by Crippen LogP contribution is -2.13. The number of nitrogens with one attached hydrogen (secondary N) is 1. The first-order valence-electron chi connectivity index (χ1n) is 9.65. The SMILES string of the molecule is Nc1nc(N)c(-c2ccc(NC(=O)C3CC3)cc2)c(COCc2cccc(F)c2)n1. The van der Waals surface area contributed by atoms with Crippen molar-refractivity contribution in [2.24, 2.45) is 5.92 Å². The highest BCUT2D eigenvalue weighted by Gasteiger charge is 2.29. The van der Waals surface area contributed by atoms with Crippen molar-refractivity contribution >= 4 is 23.4 Å². The molecule has 1 aliphatic rings. The van der Waals surface area contributed by atoms with E-state index in [9.17, 15) is 9.18 Å². The molecule has 7 nitrogen and oxygen atoms in total. The molecule has 0 unspecified atom stereocenters. The summed E-state index contributed by atoms with van der Waals surface area (Å²) in [5.74, 6) is 0.147. The molecule has 5 N–H and O–H groups in total. The molecular formula is C22H22FN5O2. The second kappa shape index (κ2) is 8.46. The van der Waals surface area contributed by atoms with E-state index in [0.717, 1.165) is 24.1 Å². The summed E-state index contributed by atoms with van der Waals surface area (Å²) in [5, 5.41) is 2.90. The van der Waals surface area contributed by atoms with Crippen molar-refractivity contribution in [3.63, 3.8) is 0 Å². The fourth-order valence-electron chi connectivity index (χ4n) is 3.17. The molecule has 0 aliphatic heterocycles. The molecule has 8 heteroatoms. The molecule has 4 rings (SSSR count). The van der Waals surface area contributed by atoms with Gasteiger partial charge in [0.05, 0.1) is 18.9 Å². The molecule has 1 aromatic heterocycles. The van der Waals surface area contributed by atoms with Crippen LogP contribution in [-0.4, -0.2) is 15.9 Å². The first-order chi connectivity index (χ1) is 14.5. The number of nitrogen functional groups attached to an aromatic ring is 2. The number of carbonyl (C=O) groups excluding carboxylic acids is 1. The quantitative estimate of drug-likeness (QED) is 0.552. The molecule has 3 aromatic rings. The molecule has 1 amide bonds. The van der Waals surface area contributed by atoms with E-state index in [1.54, 1.807) is 12.1 Å². The Morgan fingerprint density at radius 3 is 2.57 bits per heavy atom. The summed E-state index contributed by atoms with van der Waals surface area (Å²) >= 11 is 0. The van der Waals surface area contributed by atoms with Gasteiger partial charge < -0.3 is 21.5 Å². The van der Waals surface area contributed by atoms with E-state index in [4.69, 9.17) is 16.2 Å². The lowest BCUT2D eigenvalue weighted by atomic mass is 10.0. The van der Waals surface area contributed by atoms with Crippen LogP contribution in [0.15, 0.2) is 48.5 Å². The summed E-state index contributed by atoms with van der Waals surface area (Å²) in [4.78, 5) is 20.3. The normalized spacial score (nSPS) is 13.2. The lowest BCUT2D eigenvalue weighted by Gasteiger charge is -2.13. The first-order valence-corrected chi connectivity index (χ1v) is 9.65. The molecule has 0 bridgehead atoms. The van der Waals surface area contributed by atoms with Crippen LogP contribution in [0, 0.1) is 11.7 Å². The predicted octanol–water partition coefficient (Wildman–Crippen LogP) is 3.51. The van der Waals surface area contributed by atoms with Crippen molar-refractivity contribution < 1.29 is 13.9 Å². The van der Waals surface area contributed by atoms with Crippen LogP contribution in [0.4, 0.5) is 21.8 Å². The van der Waals surface area contributed by atoms with Crippen molar-refractivity contribution in [1.29, 1.82) is 0 Å². The molecule has 1 saturated carbocycles. The van der Waals surface area contributed by atoms with Gasteiger partial charge in [-0.05, 0) is 48.2 Å². The Labute approximate surface area is 173 Å². The Morgan fingerprint density at radius 2 is 1.87 bits per heavy atom. The van der Waals surface area contributed by atoms with Crippen LogP contribution >= 0.6 is 0 Å². The van der Waals surface area contributed by atoms with Crippen molar-refractivity contribution in [2.75, 3.05) is 16.8 Å². The third-order valence-corrected chi connectivity index (χ3v) is 4.82. The van der Waals surface area contributed by atoms with Gasteiger partial charge in [-0.15, -0.1) is 0 Å². The van der Waals surface area contributed by atoms with Gasteiger partial charge in [0.1, 0.15) is 11.6 Å². The Morgan fingerprint density at radius 1 is 1.10 bits per heavy atom. The zero-order valence-corrected chi connectivity index (χ0v) is 16.3. The Bertz CT molecular complexity index is 1070. The number of aromatic nitrogens is 2. The molecule has 0 spiro atoms. The van der Waals surface area contributed by atoms with Crippen LogP contribution in [0.3, 0.4) is 0 Å². The standard InChI is InChI=1S/C22H22FN5O2/c23-16-3-1-2-13(10-16)11-30-12-18-19(20(24)28-22(25)27-18)14-6-8-17(9-7-14)26-21(29)15-4-5-15/h1-3,6-10,15H,4-5,11-12H2,(H,26,29)(H4,24,25,27,28). The second-order valence-corrected chi connectivity index (χ2v) is 7.25. The number of amides is 1. The van der Waals surface area contributed by atoms with Crippen molar-refractivity contribution in [1.82, 2.24) is 9.97 Å². The minimum Gasteiger partial charge on any atom is -0.383 e. The minimum absolute atomic E-state index is 0.0459. The van der Waals surface area contributed by atoms with Gasteiger partial charge in [-0.1, -0.05) is 24.3 Å². The number of hydrogen-bond donors (Lipinski definition) is 3. The van der Waals surface area contributed by atoms with E-state index in [2.05, 4.69) is 15.3 Å². The van der Waals surface area contributed by atoms with Gasteiger partial charge in [0, 0.05) is 17.2 Å². The molecular weight excluding hydrogens is 385 g/mol. The highest BCUT2D eigenvalue weighted by molar-refractivity contribution is 5.94. The Kier molecular flexibility index (Phi) is 5.58. The molecule has 1 aliphatic carbocycles. The van der Waals surface area contributed by atoms with Crippen LogP contribution in [0.25, 0.3) is 11.1 Å². The number of ether oxygens (including phenoxy) is 1. The number of rotatable bonds is 7. The zero-order chi connectivity index (χ0) is 21.1. The highest BCUT2D eigenvalue weighted by Crippen LogP contribution is 2.32. The summed E-state index contributed by atoms with van der Waals surface area (Å²) < 4.78 is 19.1. The number of hydrogen-bond acceptors (Lipinski definition) is 6. The fraction of sp³-hybridized carbons (Fsp3) is 0.227. The number of nitrogens with zero attached hydrogens (tertiary/aromatic N) is 2. The predicted molar refractivity (Wildman–Crippen MR) is 113 cm³/mol. The highest BCUT2D eigenvalue weighted by atomic mass is 19.1. The number of carbonyl (C=O) groups is 1. The van der Waals surface area contributed by atoms with Gasteiger partial charge in [0.15, 0.2) is 0 Å². The Balaban J connectivity index is 1.51. The van der Waals surface area contributed by atoms with E-state index in [-0.39, 0.29) is 42.6 Å². The van der Waals surface area contributed by atoms with Gasteiger partial charge in [-0.3, -0.25) is 4.79 Å². The number of halogens is 1. The summed E-state index contributed by atoms with van der Waals surface area (Å²) in [6, 6.07) is 13.5. The van der Waals surface area contributed by atoms with E-state index < -0.39 is 0 Å². The Hall–Kier alpha value is -3.52. The third kappa shape index (κ3) is 4.72. The molecule has 0 atom stereocenters. The van der Waals surface area contributed by atoms with E-state index in [1.165, 1.54) is 12.1 Å². The van der Waals surface area contributed by atoms with Gasteiger partial charge in [-0.2, -0.15) is 4.98 Å². The number of nitrogens with two attached hydrogens (primary N) is 2. The molecule has 0 radical (unpaired) electrons. The minimum atomic E-state index is -0.318.